The minimum atomic E-state index is -4.47. The second-order valence-corrected chi connectivity index (χ2v) is 2.87. The number of aliphatic hydroxyl groups is 1. The van der Waals surface area contributed by atoms with Crippen molar-refractivity contribution in [1.29, 1.82) is 0 Å². The molecule has 5 heteroatoms. The molecule has 0 radical (unpaired) electrons. The van der Waals surface area contributed by atoms with Gasteiger partial charge in [0.1, 0.15) is 0 Å². The topological polar surface area (TPSA) is 20.2 Å². The monoisotopic (exact) mass is 220 g/mol. The van der Waals surface area contributed by atoms with E-state index in [-0.39, 0.29) is 17.5 Å². The Morgan fingerprint density at radius 1 is 1.33 bits per heavy atom. The van der Waals surface area contributed by atoms with E-state index in [1.54, 1.807) is 0 Å². The number of halogens is 4. The molecule has 1 nitrogen and oxygen atoms in total. The summed E-state index contributed by atoms with van der Waals surface area (Å²) in [4.78, 5) is 0. The van der Waals surface area contributed by atoms with Crippen LogP contribution in [0.25, 0.3) is 5.57 Å². The number of benzene rings is 1. The summed E-state index contributed by atoms with van der Waals surface area (Å²) in [6, 6.07) is 4.15. The second-order valence-electron chi connectivity index (χ2n) is 2.87. The first kappa shape index (κ1) is 11.7. The van der Waals surface area contributed by atoms with Gasteiger partial charge in [0.15, 0.2) is 0 Å². The molecule has 1 rings (SSSR count). The highest BCUT2D eigenvalue weighted by atomic mass is 19.4. The third-order valence-corrected chi connectivity index (χ3v) is 1.86. The van der Waals surface area contributed by atoms with Gasteiger partial charge in [0.25, 0.3) is 0 Å². The number of hydrogen-bond donors (Lipinski definition) is 1. The van der Waals surface area contributed by atoms with Crippen molar-refractivity contribution in [3.63, 3.8) is 0 Å². The lowest BCUT2D eigenvalue weighted by Gasteiger charge is -2.08. The summed E-state index contributed by atoms with van der Waals surface area (Å²) in [5, 5.41) is 8.68. The van der Waals surface area contributed by atoms with Gasteiger partial charge in [0.05, 0.1) is 18.5 Å². The van der Waals surface area contributed by atoms with Gasteiger partial charge in [0.2, 0.25) is 0 Å². The lowest BCUT2D eigenvalue weighted by atomic mass is 10.0. The fourth-order valence-electron chi connectivity index (χ4n) is 1.08. The third-order valence-electron chi connectivity index (χ3n) is 1.86. The van der Waals surface area contributed by atoms with Crippen LogP contribution < -0.4 is 0 Å². The van der Waals surface area contributed by atoms with Crippen molar-refractivity contribution in [3.05, 3.63) is 41.7 Å². The summed E-state index contributed by atoms with van der Waals surface area (Å²) < 4.78 is 49.0. The van der Waals surface area contributed by atoms with Crippen molar-refractivity contribution < 1.29 is 22.7 Å². The number of aliphatic hydroxyl groups excluding tert-OH is 1. The van der Waals surface area contributed by atoms with Crippen LogP contribution in [0.5, 0.6) is 0 Å². The van der Waals surface area contributed by atoms with Crippen LogP contribution in [0, 0.1) is 0 Å². The summed E-state index contributed by atoms with van der Waals surface area (Å²) in [7, 11) is 0. The van der Waals surface area contributed by atoms with E-state index < -0.39 is 18.3 Å². The molecule has 0 aliphatic carbocycles. The van der Waals surface area contributed by atoms with Crippen molar-refractivity contribution in [2.24, 2.45) is 0 Å². The zero-order valence-corrected chi connectivity index (χ0v) is 7.55. The number of alkyl halides is 3. The Kier molecular flexibility index (Phi) is 3.47. The van der Waals surface area contributed by atoms with Gasteiger partial charge in [0, 0.05) is 5.57 Å². The fraction of sp³-hybridized carbons (Fsp3) is 0.200. The Balaban J connectivity index is 3.14. The highest BCUT2D eigenvalue weighted by Gasteiger charge is 2.30. The number of hydrogen-bond acceptors (Lipinski definition) is 1. The van der Waals surface area contributed by atoms with E-state index in [0.29, 0.717) is 0 Å². The highest BCUT2D eigenvalue weighted by molar-refractivity contribution is 5.65. The van der Waals surface area contributed by atoms with E-state index in [0.717, 1.165) is 18.2 Å². The minimum absolute atomic E-state index is 0.0230. The predicted octanol–water partition coefficient (Wildman–Crippen LogP) is 3.01. The van der Waals surface area contributed by atoms with Gasteiger partial charge in [-0.05, 0) is 17.7 Å². The Bertz CT molecular complexity index is 368. The predicted molar refractivity (Wildman–Crippen MR) is 47.6 cm³/mol. The molecule has 0 aliphatic heterocycles. The van der Waals surface area contributed by atoms with Crippen LogP contribution in [0.15, 0.2) is 30.6 Å². The lowest BCUT2D eigenvalue weighted by Crippen LogP contribution is -2.05. The van der Waals surface area contributed by atoms with E-state index in [2.05, 4.69) is 0 Å². The summed E-state index contributed by atoms with van der Waals surface area (Å²) in [5.41, 5.74) is -1.02. The standard InChI is InChI=1S/C10H8F4O/c11-5-8(6-15)7-2-1-3-9(4-7)10(12,13)14/h1-5,15H,6H2. The zero-order chi connectivity index (χ0) is 11.5. The van der Waals surface area contributed by atoms with Crippen molar-refractivity contribution in [1.82, 2.24) is 0 Å². The van der Waals surface area contributed by atoms with Gasteiger partial charge in [-0.25, -0.2) is 4.39 Å². The van der Waals surface area contributed by atoms with Crippen molar-refractivity contribution >= 4 is 5.57 Å². The first-order chi connectivity index (χ1) is 6.99. The van der Waals surface area contributed by atoms with Crippen molar-refractivity contribution in [2.75, 3.05) is 6.61 Å². The first-order valence-corrected chi connectivity index (χ1v) is 4.06. The van der Waals surface area contributed by atoms with Crippen LogP contribution in [-0.4, -0.2) is 11.7 Å². The highest BCUT2D eigenvalue weighted by Crippen LogP contribution is 2.30. The second kappa shape index (κ2) is 4.44. The van der Waals surface area contributed by atoms with Crippen molar-refractivity contribution in [2.45, 2.75) is 6.18 Å². The molecule has 0 aromatic heterocycles. The Labute approximate surface area is 83.7 Å². The summed E-state index contributed by atoms with van der Waals surface area (Å²) in [6.07, 6.45) is -4.37. The summed E-state index contributed by atoms with van der Waals surface area (Å²) >= 11 is 0. The smallest absolute Gasteiger partial charge is 0.392 e. The van der Waals surface area contributed by atoms with Gasteiger partial charge < -0.3 is 5.11 Å². The van der Waals surface area contributed by atoms with Crippen LogP contribution in [0.4, 0.5) is 17.6 Å². The summed E-state index contributed by atoms with van der Waals surface area (Å²) in [5.74, 6) is 0. The number of rotatable bonds is 2. The van der Waals surface area contributed by atoms with E-state index in [1.165, 1.54) is 6.07 Å². The molecule has 0 saturated heterocycles. The van der Waals surface area contributed by atoms with Crippen molar-refractivity contribution in [3.8, 4) is 0 Å². The molecule has 1 aromatic carbocycles. The van der Waals surface area contributed by atoms with Gasteiger partial charge in [-0.1, -0.05) is 12.1 Å². The van der Waals surface area contributed by atoms with E-state index in [1.807, 2.05) is 0 Å². The molecule has 82 valence electrons. The zero-order valence-electron chi connectivity index (χ0n) is 7.55. The van der Waals surface area contributed by atoms with Crippen LogP contribution in [0.2, 0.25) is 0 Å². The van der Waals surface area contributed by atoms with Gasteiger partial charge in [-0.15, -0.1) is 0 Å². The largest absolute Gasteiger partial charge is 0.416 e. The first-order valence-electron chi connectivity index (χ1n) is 4.06. The molecule has 1 aromatic rings. The third kappa shape index (κ3) is 2.79. The maximum atomic E-state index is 12.3. The van der Waals surface area contributed by atoms with E-state index in [9.17, 15) is 17.6 Å². The lowest BCUT2D eigenvalue weighted by molar-refractivity contribution is -0.137. The Morgan fingerprint density at radius 3 is 2.47 bits per heavy atom. The normalized spacial score (nSPS) is 13.0. The Morgan fingerprint density at radius 2 is 2.00 bits per heavy atom. The van der Waals surface area contributed by atoms with Gasteiger partial charge in [-0.2, -0.15) is 13.2 Å². The molecule has 0 saturated carbocycles. The van der Waals surface area contributed by atoms with Crippen LogP contribution in [0.3, 0.4) is 0 Å². The van der Waals surface area contributed by atoms with Crippen LogP contribution >= 0.6 is 0 Å². The molecule has 0 bridgehead atoms. The molecule has 0 atom stereocenters. The molecule has 1 N–H and O–H groups in total. The average molecular weight is 220 g/mol. The molecule has 0 fully saturated rings. The molecule has 0 unspecified atom stereocenters. The molecular weight excluding hydrogens is 212 g/mol. The van der Waals surface area contributed by atoms with Gasteiger partial charge >= 0.3 is 6.18 Å². The summed E-state index contributed by atoms with van der Waals surface area (Å²) in [6.45, 7) is -0.641. The molecule has 0 aliphatic rings. The minimum Gasteiger partial charge on any atom is -0.392 e. The molecule has 0 amide bonds. The molecule has 0 heterocycles. The van der Waals surface area contributed by atoms with Crippen LogP contribution in [-0.2, 0) is 6.18 Å². The van der Waals surface area contributed by atoms with E-state index in [4.69, 9.17) is 5.11 Å². The molecular formula is C10H8F4O. The van der Waals surface area contributed by atoms with E-state index >= 15 is 0 Å². The maximum Gasteiger partial charge on any atom is 0.416 e. The molecule has 0 spiro atoms. The molecule has 15 heavy (non-hydrogen) atoms. The Hall–Kier alpha value is -1.36. The maximum absolute atomic E-state index is 12.3. The van der Waals surface area contributed by atoms with Crippen LogP contribution in [0.1, 0.15) is 11.1 Å². The SMILES string of the molecule is OCC(=CF)c1cccc(C(F)(F)F)c1. The fourth-order valence-corrected chi connectivity index (χ4v) is 1.08. The quantitative estimate of drug-likeness (QED) is 0.759. The van der Waals surface area contributed by atoms with Gasteiger partial charge in [-0.3, -0.25) is 0 Å². The average Bonchev–Trinajstić information content (AvgIpc) is 2.19.